The highest BCUT2D eigenvalue weighted by Crippen LogP contribution is 2.41. The van der Waals surface area contributed by atoms with E-state index in [1.807, 2.05) is 59.5 Å². The van der Waals surface area contributed by atoms with Crippen LogP contribution >= 0.6 is 15.9 Å². The van der Waals surface area contributed by atoms with Crippen molar-refractivity contribution in [3.63, 3.8) is 0 Å². The van der Waals surface area contributed by atoms with E-state index >= 15 is 0 Å². The summed E-state index contributed by atoms with van der Waals surface area (Å²) in [5, 5.41) is 0. The average molecular weight is 452 g/mol. The number of rotatable bonds is 4. The fourth-order valence-electron chi connectivity index (χ4n) is 3.95. The molecule has 4 nitrogen and oxygen atoms in total. The molecule has 1 aliphatic rings. The first-order chi connectivity index (χ1) is 14.1. The molecule has 1 amide bonds. The van der Waals surface area contributed by atoms with Gasteiger partial charge in [0.15, 0.2) is 11.5 Å². The lowest BCUT2D eigenvalue weighted by Gasteiger charge is -2.38. The minimum absolute atomic E-state index is 0.00626. The zero-order chi connectivity index (χ0) is 20.4. The maximum absolute atomic E-state index is 13.5. The molecule has 3 aromatic carbocycles. The van der Waals surface area contributed by atoms with Crippen molar-refractivity contribution in [1.82, 2.24) is 4.90 Å². The topological polar surface area (TPSA) is 38.8 Å². The van der Waals surface area contributed by atoms with Gasteiger partial charge >= 0.3 is 0 Å². The van der Waals surface area contributed by atoms with Crippen LogP contribution in [0.1, 0.15) is 33.1 Å². The van der Waals surface area contributed by atoms with Gasteiger partial charge in [-0.1, -0.05) is 42.5 Å². The number of carbonyl (C=O) groups is 1. The third-order valence-electron chi connectivity index (χ3n) is 5.35. The van der Waals surface area contributed by atoms with E-state index < -0.39 is 0 Å². The van der Waals surface area contributed by atoms with Gasteiger partial charge < -0.3 is 14.4 Å². The summed E-state index contributed by atoms with van der Waals surface area (Å²) in [6.45, 7) is 0.627. The van der Waals surface area contributed by atoms with Crippen LogP contribution < -0.4 is 9.47 Å². The Labute approximate surface area is 179 Å². The van der Waals surface area contributed by atoms with E-state index in [4.69, 9.17) is 9.47 Å². The fourth-order valence-corrected chi connectivity index (χ4v) is 4.40. The Morgan fingerprint density at radius 1 is 0.966 bits per heavy atom. The normalized spacial score (nSPS) is 15.6. The van der Waals surface area contributed by atoms with Crippen molar-refractivity contribution in [2.75, 3.05) is 20.8 Å². The first-order valence-electron chi connectivity index (χ1n) is 9.49. The molecule has 0 aliphatic carbocycles. The van der Waals surface area contributed by atoms with E-state index in [1.165, 1.54) is 5.56 Å². The molecule has 3 aromatic rings. The number of carbonyl (C=O) groups excluding carboxylic acids is 1. The molecule has 148 valence electrons. The highest BCUT2D eigenvalue weighted by molar-refractivity contribution is 9.10. The van der Waals surface area contributed by atoms with Crippen LogP contribution in [0.15, 0.2) is 71.2 Å². The predicted molar refractivity (Wildman–Crippen MR) is 117 cm³/mol. The maximum atomic E-state index is 13.5. The van der Waals surface area contributed by atoms with Crippen LogP contribution in [0.4, 0.5) is 0 Å². The van der Waals surface area contributed by atoms with Gasteiger partial charge in [-0.05, 0) is 63.3 Å². The Morgan fingerprint density at radius 3 is 2.31 bits per heavy atom. The quantitative estimate of drug-likeness (QED) is 0.543. The van der Waals surface area contributed by atoms with Crippen molar-refractivity contribution in [2.24, 2.45) is 0 Å². The van der Waals surface area contributed by atoms with Gasteiger partial charge in [-0.3, -0.25) is 4.79 Å². The molecule has 0 radical (unpaired) electrons. The van der Waals surface area contributed by atoms with Gasteiger partial charge in [-0.2, -0.15) is 0 Å². The van der Waals surface area contributed by atoms with E-state index in [-0.39, 0.29) is 11.9 Å². The van der Waals surface area contributed by atoms with E-state index in [1.54, 1.807) is 14.2 Å². The fraction of sp³-hybridized carbons (Fsp3) is 0.208. The van der Waals surface area contributed by atoms with Crippen LogP contribution in [0, 0.1) is 0 Å². The highest BCUT2D eigenvalue weighted by atomic mass is 79.9. The van der Waals surface area contributed by atoms with Gasteiger partial charge in [-0.15, -0.1) is 0 Å². The molecule has 0 bridgehead atoms. The minimum atomic E-state index is -0.195. The molecule has 0 N–H and O–H groups in total. The van der Waals surface area contributed by atoms with Crippen LogP contribution in [0.3, 0.4) is 0 Å². The van der Waals surface area contributed by atoms with E-state index in [0.717, 1.165) is 22.0 Å². The molecule has 4 rings (SSSR count). The van der Waals surface area contributed by atoms with E-state index in [0.29, 0.717) is 23.6 Å². The average Bonchev–Trinajstić information content (AvgIpc) is 2.77. The number of fused-ring (bicyclic) bond motifs is 1. The number of methoxy groups -OCH3 is 2. The van der Waals surface area contributed by atoms with E-state index in [9.17, 15) is 4.79 Å². The summed E-state index contributed by atoms with van der Waals surface area (Å²) >= 11 is 3.53. The Kier molecular flexibility index (Phi) is 5.58. The van der Waals surface area contributed by atoms with Crippen LogP contribution in [0.5, 0.6) is 11.5 Å². The first-order valence-corrected chi connectivity index (χ1v) is 10.3. The predicted octanol–water partition coefficient (Wildman–Crippen LogP) is 5.25. The van der Waals surface area contributed by atoms with Crippen LogP contribution in [0.2, 0.25) is 0 Å². The van der Waals surface area contributed by atoms with Gasteiger partial charge in [0.25, 0.3) is 5.91 Å². The minimum Gasteiger partial charge on any atom is -0.493 e. The molecule has 1 heterocycles. The Bertz CT molecular complexity index is 1040. The first kappa shape index (κ1) is 19.5. The highest BCUT2D eigenvalue weighted by Gasteiger charge is 2.34. The second-order valence-corrected chi connectivity index (χ2v) is 7.80. The van der Waals surface area contributed by atoms with Crippen LogP contribution in [-0.4, -0.2) is 31.6 Å². The van der Waals surface area contributed by atoms with Crippen LogP contribution in [-0.2, 0) is 6.42 Å². The maximum Gasteiger partial charge on any atom is 0.255 e. The smallest absolute Gasteiger partial charge is 0.255 e. The standard InChI is InChI=1S/C24H22BrNO3/c1-28-21-14-17-12-13-26(24(27)18-10-6-7-11-20(18)25)23(16-8-4-3-5-9-16)19(17)15-22(21)29-2/h3-11,14-15,23H,12-13H2,1-2H3. The molecule has 0 fully saturated rings. The second-order valence-electron chi connectivity index (χ2n) is 6.95. The SMILES string of the molecule is COc1cc2c(cc1OC)C(c1ccccc1)N(C(=O)c1ccccc1Br)CC2. The van der Waals surface area contributed by atoms with Gasteiger partial charge in [0, 0.05) is 11.0 Å². The lowest BCUT2D eigenvalue weighted by Crippen LogP contribution is -2.40. The molecule has 1 unspecified atom stereocenters. The molecule has 1 atom stereocenters. The van der Waals surface area contributed by atoms with Crippen molar-refractivity contribution in [2.45, 2.75) is 12.5 Å². The van der Waals surface area contributed by atoms with Crippen molar-refractivity contribution in [3.8, 4) is 11.5 Å². The van der Waals surface area contributed by atoms with E-state index in [2.05, 4.69) is 28.1 Å². The van der Waals surface area contributed by atoms with Crippen molar-refractivity contribution in [1.29, 1.82) is 0 Å². The largest absolute Gasteiger partial charge is 0.493 e. The molecular formula is C24H22BrNO3. The zero-order valence-corrected chi connectivity index (χ0v) is 18.0. The lowest BCUT2D eigenvalue weighted by atomic mass is 9.87. The van der Waals surface area contributed by atoms with Crippen LogP contribution in [0.25, 0.3) is 0 Å². The lowest BCUT2D eigenvalue weighted by molar-refractivity contribution is 0.0693. The van der Waals surface area contributed by atoms with Crippen molar-refractivity contribution >= 4 is 21.8 Å². The molecule has 0 saturated heterocycles. The summed E-state index contributed by atoms with van der Waals surface area (Å²) in [5.74, 6) is 1.39. The summed E-state index contributed by atoms with van der Waals surface area (Å²) in [4.78, 5) is 15.5. The third kappa shape index (κ3) is 3.62. The zero-order valence-electron chi connectivity index (χ0n) is 16.4. The number of ether oxygens (including phenoxy) is 2. The Hall–Kier alpha value is -2.79. The number of nitrogens with zero attached hydrogens (tertiary/aromatic N) is 1. The summed E-state index contributed by atoms with van der Waals surface area (Å²) < 4.78 is 11.8. The third-order valence-corrected chi connectivity index (χ3v) is 6.05. The number of benzene rings is 3. The summed E-state index contributed by atoms with van der Waals surface area (Å²) in [7, 11) is 3.28. The summed E-state index contributed by atoms with van der Waals surface area (Å²) in [6.07, 6.45) is 0.759. The number of hydrogen-bond donors (Lipinski definition) is 0. The van der Waals surface area contributed by atoms with Gasteiger partial charge in [-0.25, -0.2) is 0 Å². The number of hydrogen-bond acceptors (Lipinski definition) is 3. The number of halogens is 1. The second kappa shape index (κ2) is 8.29. The molecule has 0 aromatic heterocycles. The number of amides is 1. The summed E-state index contributed by atoms with van der Waals surface area (Å²) in [5.41, 5.74) is 3.98. The van der Waals surface area contributed by atoms with Crippen molar-refractivity contribution < 1.29 is 14.3 Å². The van der Waals surface area contributed by atoms with Gasteiger partial charge in [0.05, 0.1) is 25.8 Å². The molecule has 5 heteroatoms. The Balaban J connectivity index is 1.86. The molecular weight excluding hydrogens is 430 g/mol. The summed E-state index contributed by atoms with van der Waals surface area (Å²) in [6, 6.07) is 21.5. The van der Waals surface area contributed by atoms with Gasteiger partial charge in [0.1, 0.15) is 0 Å². The Morgan fingerprint density at radius 2 is 1.62 bits per heavy atom. The molecule has 0 saturated carbocycles. The molecule has 0 spiro atoms. The monoisotopic (exact) mass is 451 g/mol. The van der Waals surface area contributed by atoms with Gasteiger partial charge in [0.2, 0.25) is 0 Å². The van der Waals surface area contributed by atoms with Crippen molar-refractivity contribution in [3.05, 3.63) is 93.5 Å². The molecule has 1 aliphatic heterocycles. The molecule has 29 heavy (non-hydrogen) atoms.